The summed E-state index contributed by atoms with van der Waals surface area (Å²) in [6.07, 6.45) is 1.85. The number of hydrogen-bond donors (Lipinski definition) is 0. The van der Waals surface area contributed by atoms with Crippen LogP contribution in [0.15, 0.2) is 21.8 Å². The van der Waals surface area contributed by atoms with Crippen molar-refractivity contribution in [2.75, 3.05) is 6.26 Å². The molecule has 78 valence electrons. The molecule has 0 atom stereocenters. The maximum atomic E-state index is 5.75. The van der Waals surface area contributed by atoms with Gasteiger partial charge < -0.3 is 4.42 Å². The van der Waals surface area contributed by atoms with Gasteiger partial charge in [0.2, 0.25) is 5.89 Å². The van der Waals surface area contributed by atoms with E-state index in [0.717, 1.165) is 0 Å². The fourth-order valence-electron chi connectivity index (χ4n) is 0.997. The van der Waals surface area contributed by atoms with Gasteiger partial charge in [-0.25, -0.2) is 4.98 Å². The van der Waals surface area contributed by atoms with Crippen molar-refractivity contribution in [3.8, 4) is 11.5 Å². The van der Waals surface area contributed by atoms with Crippen molar-refractivity contribution in [1.82, 2.24) is 15.2 Å². The third-order valence-corrected chi connectivity index (χ3v) is 2.49. The first-order valence-corrected chi connectivity index (χ1v) is 5.88. The van der Waals surface area contributed by atoms with Crippen LogP contribution in [0.5, 0.6) is 0 Å². The van der Waals surface area contributed by atoms with Crippen molar-refractivity contribution in [1.29, 1.82) is 0 Å². The average molecular weight is 262 g/mol. The quantitative estimate of drug-likeness (QED) is 0.614. The number of aromatic nitrogens is 3. The molecule has 0 aliphatic carbocycles. The highest BCUT2D eigenvalue weighted by atomic mass is 35.5. The van der Waals surface area contributed by atoms with Gasteiger partial charge in [-0.3, -0.25) is 0 Å². The van der Waals surface area contributed by atoms with Gasteiger partial charge in [-0.1, -0.05) is 35.0 Å². The van der Waals surface area contributed by atoms with Crippen LogP contribution in [0, 0.1) is 0 Å². The van der Waals surface area contributed by atoms with Crippen LogP contribution in [0.25, 0.3) is 11.5 Å². The van der Waals surface area contributed by atoms with Gasteiger partial charge in [-0.2, -0.15) is 0 Å². The predicted molar refractivity (Wildman–Crippen MR) is 59.3 cm³/mol. The van der Waals surface area contributed by atoms with Crippen LogP contribution in [0.3, 0.4) is 0 Å². The lowest BCUT2D eigenvalue weighted by molar-refractivity contribution is 0.466. The molecule has 0 bridgehead atoms. The van der Waals surface area contributed by atoms with Crippen molar-refractivity contribution in [2.45, 2.75) is 5.22 Å². The molecule has 0 aliphatic heterocycles. The fourth-order valence-corrected chi connectivity index (χ4v) is 1.74. The minimum Gasteiger partial charge on any atom is -0.411 e. The first-order valence-electron chi connectivity index (χ1n) is 3.90. The Morgan fingerprint density at radius 3 is 2.40 bits per heavy atom. The molecule has 4 nitrogen and oxygen atoms in total. The molecule has 2 heterocycles. The van der Waals surface area contributed by atoms with Crippen LogP contribution < -0.4 is 0 Å². The summed E-state index contributed by atoms with van der Waals surface area (Å²) >= 11 is 12.9. The summed E-state index contributed by atoms with van der Waals surface area (Å²) in [5, 5.41) is 8.75. The summed E-state index contributed by atoms with van der Waals surface area (Å²) in [6, 6.07) is 3.23. The van der Waals surface area contributed by atoms with E-state index in [1.54, 1.807) is 12.1 Å². The van der Waals surface area contributed by atoms with Crippen molar-refractivity contribution in [2.24, 2.45) is 0 Å². The number of nitrogens with zero attached hydrogens (tertiary/aromatic N) is 3. The van der Waals surface area contributed by atoms with E-state index in [0.29, 0.717) is 27.0 Å². The van der Waals surface area contributed by atoms with Gasteiger partial charge in [0.05, 0.1) is 0 Å². The van der Waals surface area contributed by atoms with Crippen LogP contribution in [0.2, 0.25) is 10.3 Å². The average Bonchev–Trinajstić information content (AvgIpc) is 2.64. The zero-order valence-corrected chi connectivity index (χ0v) is 9.90. The number of halogens is 2. The zero-order chi connectivity index (χ0) is 10.8. The van der Waals surface area contributed by atoms with Crippen LogP contribution >= 0.6 is 35.0 Å². The molecule has 2 rings (SSSR count). The number of thioether (sulfide) groups is 1. The Kier molecular flexibility index (Phi) is 3.14. The number of hydrogen-bond acceptors (Lipinski definition) is 5. The number of rotatable bonds is 2. The van der Waals surface area contributed by atoms with Crippen LogP contribution in [-0.4, -0.2) is 21.4 Å². The third kappa shape index (κ3) is 2.42. The molecular weight excluding hydrogens is 257 g/mol. The smallest absolute Gasteiger partial charge is 0.276 e. The first kappa shape index (κ1) is 10.7. The van der Waals surface area contributed by atoms with Gasteiger partial charge in [-0.05, 0) is 18.4 Å². The molecule has 0 radical (unpaired) electrons. The van der Waals surface area contributed by atoms with Gasteiger partial charge in [-0.15, -0.1) is 10.2 Å². The van der Waals surface area contributed by atoms with Crippen molar-refractivity contribution in [3.05, 3.63) is 22.4 Å². The Bertz CT molecular complexity index is 468. The van der Waals surface area contributed by atoms with E-state index >= 15 is 0 Å². The summed E-state index contributed by atoms with van der Waals surface area (Å²) in [6.45, 7) is 0. The second-order valence-corrected chi connectivity index (χ2v) is 4.11. The van der Waals surface area contributed by atoms with E-state index in [2.05, 4.69) is 15.2 Å². The van der Waals surface area contributed by atoms with E-state index in [9.17, 15) is 0 Å². The molecule has 7 heteroatoms. The van der Waals surface area contributed by atoms with Gasteiger partial charge in [0.1, 0.15) is 10.3 Å². The standard InChI is InChI=1S/C8H5Cl2N3OS/c1-15-8-13-12-7(14-8)4-2-5(9)11-6(10)3-4/h2-3H,1H3. The molecule has 0 spiro atoms. The Morgan fingerprint density at radius 2 is 1.87 bits per heavy atom. The SMILES string of the molecule is CSc1nnc(-c2cc(Cl)nc(Cl)c2)o1. The maximum absolute atomic E-state index is 5.75. The van der Waals surface area contributed by atoms with Crippen molar-refractivity contribution >= 4 is 35.0 Å². The molecule has 15 heavy (non-hydrogen) atoms. The molecule has 0 N–H and O–H groups in total. The molecular formula is C8H5Cl2N3OS. The highest BCUT2D eigenvalue weighted by Crippen LogP contribution is 2.25. The maximum Gasteiger partial charge on any atom is 0.276 e. The Morgan fingerprint density at radius 1 is 1.20 bits per heavy atom. The second kappa shape index (κ2) is 4.38. The topological polar surface area (TPSA) is 51.8 Å². The van der Waals surface area contributed by atoms with Crippen LogP contribution in [0.1, 0.15) is 0 Å². The molecule has 0 saturated heterocycles. The lowest BCUT2D eigenvalue weighted by Gasteiger charge is -1.96. The molecule has 2 aromatic heterocycles. The molecule has 0 saturated carbocycles. The summed E-state index contributed by atoms with van der Waals surface area (Å²) in [5.74, 6) is 0.380. The van der Waals surface area contributed by atoms with Gasteiger partial charge in [0.15, 0.2) is 0 Å². The number of pyridine rings is 1. The summed E-state index contributed by atoms with van der Waals surface area (Å²) < 4.78 is 5.32. The van der Waals surface area contributed by atoms with Crippen molar-refractivity contribution in [3.63, 3.8) is 0 Å². The lowest BCUT2D eigenvalue weighted by Crippen LogP contribution is -1.82. The molecule has 0 aromatic carbocycles. The van der Waals surface area contributed by atoms with Gasteiger partial charge in [0.25, 0.3) is 5.22 Å². The van der Waals surface area contributed by atoms with Gasteiger partial charge >= 0.3 is 0 Å². The molecule has 0 aliphatic rings. The summed E-state index contributed by atoms with van der Waals surface area (Å²) in [4.78, 5) is 3.82. The van der Waals surface area contributed by atoms with E-state index in [-0.39, 0.29) is 0 Å². The Balaban J connectivity index is 2.44. The monoisotopic (exact) mass is 261 g/mol. The van der Waals surface area contributed by atoms with Gasteiger partial charge in [0, 0.05) is 5.56 Å². The van der Waals surface area contributed by atoms with E-state index in [1.165, 1.54) is 11.8 Å². The molecule has 0 amide bonds. The third-order valence-electron chi connectivity index (χ3n) is 1.59. The predicted octanol–water partition coefficient (Wildman–Crippen LogP) is 3.16. The highest BCUT2D eigenvalue weighted by Gasteiger charge is 2.09. The zero-order valence-electron chi connectivity index (χ0n) is 7.57. The minimum absolute atomic E-state index is 0.293. The Labute approximate surface area is 100 Å². The van der Waals surface area contributed by atoms with E-state index in [4.69, 9.17) is 27.6 Å². The second-order valence-electron chi connectivity index (χ2n) is 2.58. The minimum atomic E-state index is 0.293. The Hall–Kier alpha value is -0.780. The van der Waals surface area contributed by atoms with Crippen LogP contribution in [-0.2, 0) is 0 Å². The normalized spacial score (nSPS) is 10.6. The summed E-state index contributed by atoms with van der Waals surface area (Å²) in [7, 11) is 0. The summed E-state index contributed by atoms with van der Waals surface area (Å²) in [5.41, 5.74) is 0.660. The van der Waals surface area contributed by atoms with Crippen LogP contribution in [0.4, 0.5) is 0 Å². The molecule has 0 fully saturated rings. The first-order chi connectivity index (χ1) is 7.19. The molecule has 2 aromatic rings. The van der Waals surface area contributed by atoms with Crippen molar-refractivity contribution < 1.29 is 4.42 Å². The highest BCUT2D eigenvalue weighted by molar-refractivity contribution is 7.98. The largest absolute Gasteiger partial charge is 0.411 e. The fraction of sp³-hybridized carbons (Fsp3) is 0.125. The molecule has 0 unspecified atom stereocenters. The van der Waals surface area contributed by atoms with E-state index in [1.807, 2.05) is 6.26 Å². The van der Waals surface area contributed by atoms with E-state index < -0.39 is 0 Å². The lowest BCUT2D eigenvalue weighted by atomic mass is 10.3.